The Kier molecular flexibility index (Phi) is 6.05. The lowest BCUT2D eigenvalue weighted by molar-refractivity contribution is 0.300. The highest BCUT2D eigenvalue weighted by atomic mass is 15.1. The van der Waals surface area contributed by atoms with Gasteiger partial charge in [-0.3, -0.25) is 4.99 Å². The average molecular weight is 288 g/mol. The van der Waals surface area contributed by atoms with Gasteiger partial charge in [-0.25, -0.2) is 0 Å². The summed E-state index contributed by atoms with van der Waals surface area (Å²) in [5, 5.41) is 3.54. The maximum absolute atomic E-state index is 4.72. The van der Waals surface area contributed by atoms with Crippen molar-refractivity contribution in [3.05, 3.63) is 29.8 Å². The van der Waals surface area contributed by atoms with Crippen LogP contribution in [-0.2, 0) is 0 Å². The van der Waals surface area contributed by atoms with Gasteiger partial charge in [0.25, 0.3) is 0 Å². The number of nitrogens with zero attached hydrogens (tertiary/aromatic N) is 3. The van der Waals surface area contributed by atoms with E-state index in [0.717, 1.165) is 51.5 Å². The van der Waals surface area contributed by atoms with Crippen molar-refractivity contribution >= 4 is 11.5 Å². The standard InChI is InChI=1S/C17H28N4/c1-4-21(5-2)13-8-11-18-17-15-9-6-7-10-16(15)20(3)14-12-19-17/h6-7,9-10H,4-5,8,11-14H2,1-3H3,(H,18,19). The fraction of sp³-hybridized carbons (Fsp3) is 0.588. The van der Waals surface area contributed by atoms with E-state index in [9.17, 15) is 0 Å². The molecule has 0 saturated carbocycles. The number of rotatable bonds is 6. The third-order valence-corrected chi connectivity index (χ3v) is 4.11. The highest BCUT2D eigenvalue weighted by molar-refractivity contribution is 6.04. The van der Waals surface area contributed by atoms with Crippen molar-refractivity contribution in [1.29, 1.82) is 0 Å². The molecule has 0 aromatic heterocycles. The van der Waals surface area contributed by atoms with Crippen LogP contribution in [0.4, 0.5) is 5.69 Å². The van der Waals surface area contributed by atoms with Crippen molar-refractivity contribution < 1.29 is 0 Å². The third-order valence-electron chi connectivity index (χ3n) is 4.11. The van der Waals surface area contributed by atoms with Crippen molar-refractivity contribution in [2.45, 2.75) is 20.3 Å². The van der Waals surface area contributed by atoms with Crippen LogP contribution in [0.2, 0.25) is 0 Å². The second-order valence-corrected chi connectivity index (χ2v) is 5.48. The fourth-order valence-corrected chi connectivity index (χ4v) is 2.72. The predicted octanol–water partition coefficient (Wildman–Crippen LogP) is 2.20. The summed E-state index contributed by atoms with van der Waals surface area (Å²) in [7, 11) is 2.14. The zero-order chi connectivity index (χ0) is 15.1. The third kappa shape index (κ3) is 4.21. The molecule has 1 aliphatic heterocycles. The summed E-state index contributed by atoms with van der Waals surface area (Å²) in [6, 6.07) is 8.52. The Bertz CT molecular complexity index is 466. The zero-order valence-corrected chi connectivity index (χ0v) is 13.6. The van der Waals surface area contributed by atoms with Gasteiger partial charge in [-0.15, -0.1) is 0 Å². The molecule has 0 spiro atoms. The molecule has 2 rings (SSSR count). The number of amidine groups is 1. The monoisotopic (exact) mass is 288 g/mol. The van der Waals surface area contributed by atoms with Crippen LogP contribution >= 0.6 is 0 Å². The van der Waals surface area contributed by atoms with Gasteiger partial charge in [-0.2, -0.15) is 0 Å². The first-order chi connectivity index (χ1) is 10.3. The number of para-hydroxylation sites is 1. The van der Waals surface area contributed by atoms with Crippen molar-refractivity contribution in [3.8, 4) is 0 Å². The number of aliphatic imine (C=N–C) groups is 1. The van der Waals surface area contributed by atoms with Gasteiger partial charge >= 0.3 is 0 Å². The molecule has 0 unspecified atom stereocenters. The second-order valence-electron chi connectivity index (χ2n) is 5.48. The summed E-state index contributed by atoms with van der Waals surface area (Å²) in [5.41, 5.74) is 2.49. The molecule has 0 fully saturated rings. The number of likely N-dealkylation sites (N-methyl/N-ethyl adjacent to an activating group) is 1. The van der Waals surface area contributed by atoms with E-state index >= 15 is 0 Å². The molecule has 4 nitrogen and oxygen atoms in total. The predicted molar refractivity (Wildman–Crippen MR) is 91.5 cm³/mol. The van der Waals surface area contributed by atoms with Crippen molar-refractivity contribution in [3.63, 3.8) is 0 Å². The molecule has 1 heterocycles. The second kappa shape index (κ2) is 8.03. The Morgan fingerprint density at radius 1 is 1.24 bits per heavy atom. The molecular weight excluding hydrogens is 260 g/mol. The number of anilines is 1. The molecule has 1 aromatic carbocycles. The topological polar surface area (TPSA) is 30.9 Å². The lowest BCUT2D eigenvalue weighted by atomic mass is 10.1. The maximum atomic E-state index is 4.72. The van der Waals surface area contributed by atoms with E-state index in [0.29, 0.717) is 0 Å². The number of fused-ring (bicyclic) bond motifs is 1. The summed E-state index contributed by atoms with van der Waals surface area (Å²) in [4.78, 5) is 9.46. The number of nitrogens with one attached hydrogen (secondary N) is 1. The van der Waals surface area contributed by atoms with E-state index in [1.165, 1.54) is 11.3 Å². The molecule has 21 heavy (non-hydrogen) atoms. The summed E-state index contributed by atoms with van der Waals surface area (Å²) in [6.07, 6.45) is 1.15. The van der Waals surface area contributed by atoms with Gasteiger partial charge in [0, 0.05) is 31.4 Å². The number of benzodiazepines with no additional fused rings is 1. The molecule has 1 aliphatic rings. The van der Waals surface area contributed by atoms with E-state index in [1.807, 2.05) is 0 Å². The Morgan fingerprint density at radius 3 is 2.76 bits per heavy atom. The minimum atomic E-state index is 0.851. The van der Waals surface area contributed by atoms with Crippen LogP contribution in [0.5, 0.6) is 0 Å². The van der Waals surface area contributed by atoms with Crippen LogP contribution in [-0.4, -0.2) is 57.1 Å². The Labute approximate surface area is 128 Å². The lowest BCUT2D eigenvalue weighted by Crippen LogP contribution is -2.30. The summed E-state index contributed by atoms with van der Waals surface area (Å²) < 4.78 is 0. The average Bonchev–Trinajstić information content (AvgIpc) is 2.68. The SMILES string of the molecule is CCN(CC)CCCNC1=NCCN(C)c2ccccc21. The molecular formula is C17H28N4. The molecule has 0 atom stereocenters. The number of hydrogen-bond acceptors (Lipinski definition) is 4. The molecule has 0 aliphatic carbocycles. The highest BCUT2D eigenvalue weighted by Crippen LogP contribution is 2.21. The first-order valence-corrected chi connectivity index (χ1v) is 8.07. The van der Waals surface area contributed by atoms with Gasteiger partial charge in [0.15, 0.2) is 0 Å². The fourth-order valence-electron chi connectivity index (χ4n) is 2.72. The van der Waals surface area contributed by atoms with E-state index < -0.39 is 0 Å². The Hall–Kier alpha value is -1.55. The van der Waals surface area contributed by atoms with Crippen LogP contribution in [0.15, 0.2) is 29.3 Å². The summed E-state index contributed by atoms with van der Waals surface area (Å²) >= 11 is 0. The minimum absolute atomic E-state index is 0.851. The molecule has 4 heteroatoms. The quantitative estimate of drug-likeness (QED) is 0.814. The van der Waals surface area contributed by atoms with Crippen molar-refractivity contribution in [1.82, 2.24) is 10.2 Å². The number of hydrogen-bond donors (Lipinski definition) is 1. The minimum Gasteiger partial charge on any atom is -0.372 e. The first-order valence-electron chi connectivity index (χ1n) is 8.07. The molecule has 116 valence electrons. The molecule has 0 bridgehead atoms. The maximum Gasteiger partial charge on any atom is 0.130 e. The van der Waals surface area contributed by atoms with Gasteiger partial charge < -0.3 is 15.1 Å². The van der Waals surface area contributed by atoms with Gasteiger partial charge in [0.2, 0.25) is 0 Å². The van der Waals surface area contributed by atoms with Gasteiger partial charge in [-0.05, 0) is 38.2 Å². The van der Waals surface area contributed by atoms with Gasteiger partial charge in [0.1, 0.15) is 5.84 Å². The lowest BCUT2D eigenvalue weighted by Gasteiger charge is -2.20. The molecule has 0 radical (unpaired) electrons. The summed E-state index contributed by atoms with van der Waals surface area (Å²) in [5.74, 6) is 1.05. The van der Waals surface area contributed by atoms with Gasteiger partial charge in [-0.1, -0.05) is 26.0 Å². The van der Waals surface area contributed by atoms with Gasteiger partial charge in [0.05, 0.1) is 6.54 Å². The summed E-state index contributed by atoms with van der Waals surface area (Å²) in [6.45, 7) is 10.7. The molecule has 0 amide bonds. The van der Waals surface area contributed by atoms with Crippen LogP contribution in [0, 0.1) is 0 Å². The van der Waals surface area contributed by atoms with E-state index in [1.54, 1.807) is 0 Å². The smallest absolute Gasteiger partial charge is 0.130 e. The van der Waals surface area contributed by atoms with Crippen LogP contribution in [0.25, 0.3) is 0 Å². The molecule has 0 saturated heterocycles. The van der Waals surface area contributed by atoms with Crippen LogP contribution < -0.4 is 10.2 Å². The molecule has 1 N–H and O–H groups in total. The van der Waals surface area contributed by atoms with E-state index in [4.69, 9.17) is 4.99 Å². The normalized spacial score (nSPS) is 14.7. The van der Waals surface area contributed by atoms with Crippen LogP contribution in [0.3, 0.4) is 0 Å². The first kappa shape index (κ1) is 15.8. The number of benzene rings is 1. The van der Waals surface area contributed by atoms with Crippen molar-refractivity contribution in [2.24, 2.45) is 4.99 Å². The Balaban J connectivity index is 1.94. The van der Waals surface area contributed by atoms with E-state index in [-0.39, 0.29) is 0 Å². The van der Waals surface area contributed by atoms with Crippen molar-refractivity contribution in [2.75, 3.05) is 51.2 Å². The zero-order valence-electron chi connectivity index (χ0n) is 13.6. The van der Waals surface area contributed by atoms with E-state index in [2.05, 4.69) is 60.3 Å². The molecule has 1 aromatic rings. The van der Waals surface area contributed by atoms with Crippen LogP contribution in [0.1, 0.15) is 25.8 Å². The Morgan fingerprint density at radius 2 is 2.00 bits per heavy atom. The highest BCUT2D eigenvalue weighted by Gasteiger charge is 2.15. The largest absolute Gasteiger partial charge is 0.372 e.